The van der Waals surface area contributed by atoms with Gasteiger partial charge in [-0.1, -0.05) is 6.92 Å². The molecular formula is C23H27N3O4. The first-order chi connectivity index (χ1) is 14.7. The Labute approximate surface area is 176 Å². The monoisotopic (exact) mass is 409 g/mol. The van der Waals surface area contributed by atoms with Crippen LogP contribution < -0.4 is 24.8 Å². The van der Waals surface area contributed by atoms with Crippen molar-refractivity contribution in [1.82, 2.24) is 10.3 Å². The topological polar surface area (TPSA) is 81.7 Å². The highest BCUT2D eigenvalue weighted by Gasteiger charge is 2.26. The van der Waals surface area contributed by atoms with Gasteiger partial charge in [0, 0.05) is 41.6 Å². The number of unbranched alkanes of at least 4 members (excludes halogenated alkanes) is 1. The number of carbonyl (C=O) groups excluding carboxylic acids is 1. The van der Waals surface area contributed by atoms with Crippen LogP contribution in [0.5, 0.6) is 17.2 Å². The third kappa shape index (κ3) is 4.11. The molecule has 0 saturated carbocycles. The summed E-state index contributed by atoms with van der Waals surface area (Å²) in [6, 6.07) is 3.75. The second-order valence-corrected chi connectivity index (χ2v) is 7.33. The van der Waals surface area contributed by atoms with Crippen LogP contribution in [0, 0.1) is 0 Å². The van der Waals surface area contributed by atoms with Crippen molar-refractivity contribution in [1.29, 1.82) is 0 Å². The number of fused-ring (bicyclic) bond motifs is 3. The largest absolute Gasteiger partial charge is 0.493 e. The van der Waals surface area contributed by atoms with Crippen molar-refractivity contribution < 1.29 is 19.0 Å². The predicted octanol–water partition coefficient (Wildman–Crippen LogP) is 3.33. The number of anilines is 1. The van der Waals surface area contributed by atoms with Crippen LogP contribution in [0.4, 0.5) is 5.69 Å². The normalized spacial score (nSPS) is 14.3. The lowest BCUT2D eigenvalue weighted by Gasteiger charge is -2.24. The summed E-state index contributed by atoms with van der Waals surface area (Å²) in [6.07, 6.45) is 7.38. The number of benzene rings is 1. The van der Waals surface area contributed by atoms with Gasteiger partial charge in [0.25, 0.3) is 0 Å². The molecule has 0 radical (unpaired) electrons. The highest BCUT2D eigenvalue weighted by Crippen LogP contribution is 2.45. The van der Waals surface area contributed by atoms with Gasteiger partial charge in [0.05, 0.1) is 25.1 Å². The Morgan fingerprint density at radius 2 is 2.10 bits per heavy atom. The first-order valence-corrected chi connectivity index (χ1v) is 10.4. The molecule has 4 rings (SSSR count). The molecule has 0 unspecified atom stereocenters. The van der Waals surface area contributed by atoms with Gasteiger partial charge < -0.3 is 24.8 Å². The maximum Gasteiger partial charge on any atom is 0.204 e. The van der Waals surface area contributed by atoms with Gasteiger partial charge in [0.1, 0.15) is 6.61 Å². The van der Waals surface area contributed by atoms with Crippen LogP contribution in [0.1, 0.15) is 36.5 Å². The fraction of sp³-hybridized carbons (Fsp3) is 0.391. The first-order valence-electron chi connectivity index (χ1n) is 10.4. The van der Waals surface area contributed by atoms with Crippen molar-refractivity contribution in [3.8, 4) is 17.2 Å². The van der Waals surface area contributed by atoms with Crippen molar-refractivity contribution in [2.75, 3.05) is 32.1 Å². The molecule has 7 heteroatoms. The van der Waals surface area contributed by atoms with E-state index < -0.39 is 0 Å². The molecule has 0 fully saturated rings. The maximum atomic E-state index is 12.5. The number of allylic oxidation sites excluding steroid dienone is 1. The number of hydrogen-bond donors (Lipinski definition) is 2. The molecule has 0 saturated heterocycles. The number of aromatic nitrogens is 1. The van der Waals surface area contributed by atoms with Gasteiger partial charge in [-0.25, -0.2) is 0 Å². The van der Waals surface area contributed by atoms with E-state index in [-0.39, 0.29) is 5.78 Å². The van der Waals surface area contributed by atoms with Gasteiger partial charge in [-0.2, -0.15) is 0 Å². The highest BCUT2D eigenvalue weighted by molar-refractivity contribution is 6.04. The average Bonchev–Trinajstić information content (AvgIpc) is 2.91. The lowest BCUT2D eigenvalue weighted by Crippen LogP contribution is -2.15. The molecule has 7 nitrogen and oxygen atoms in total. The number of ether oxygens (including phenoxy) is 3. The second kappa shape index (κ2) is 9.17. The van der Waals surface area contributed by atoms with Gasteiger partial charge in [-0.15, -0.1) is 0 Å². The Bertz CT molecular complexity index is 971. The summed E-state index contributed by atoms with van der Waals surface area (Å²) in [4.78, 5) is 16.8. The summed E-state index contributed by atoms with van der Waals surface area (Å²) in [5.74, 6) is 1.76. The molecule has 2 N–H and O–H groups in total. The SMILES string of the molecule is CCNCCCCOc1c(OC)ccc2c1OCc1cncc3c1NC2=CC(=O)C3. The zero-order valence-electron chi connectivity index (χ0n) is 17.4. The Morgan fingerprint density at radius 1 is 1.23 bits per heavy atom. The molecule has 1 aromatic heterocycles. The predicted molar refractivity (Wildman–Crippen MR) is 115 cm³/mol. The molecule has 0 spiro atoms. The van der Waals surface area contributed by atoms with Gasteiger partial charge in [0.15, 0.2) is 17.3 Å². The van der Waals surface area contributed by atoms with Gasteiger partial charge in [-0.05, 0) is 38.1 Å². The number of nitrogens with zero attached hydrogens (tertiary/aromatic N) is 1. The molecular weight excluding hydrogens is 382 g/mol. The van der Waals surface area contributed by atoms with Crippen LogP contribution in [0.15, 0.2) is 30.6 Å². The molecule has 0 amide bonds. The summed E-state index contributed by atoms with van der Waals surface area (Å²) in [6.45, 7) is 4.90. The Hall–Kier alpha value is -3.06. The zero-order valence-corrected chi connectivity index (χ0v) is 17.4. The molecule has 0 aliphatic carbocycles. The maximum absolute atomic E-state index is 12.5. The number of carbonyl (C=O) groups is 1. The molecule has 158 valence electrons. The first kappa shape index (κ1) is 20.2. The molecule has 2 bridgehead atoms. The van der Waals surface area contributed by atoms with Gasteiger partial charge in [0.2, 0.25) is 5.75 Å². The van der Waals surface area contributed by atoms with Crippen molar-refractivity contribution in [3.63, 3.8) is 0 Å². The van der Waals surface area contributed by atoms with E-state index in [4.69, 9.17) is 14.2 Å². The van der Waals surface area contributed by atoms with Gasteiger partial charge >= 0.3 is 0 Å². The van der Waals surface area contributed by atoms with E-state index in [1.807, 2.05) is 12.1 Å². The lowest BCUT2D eigenvalue weighted by molar-refractivity contribution is -0.113. The molecule has 2 aliphatic heterocycles. The van der Waals surface area contributed by atoms with E-state index in [0.29, 0.717) is 42.6 Å². The van der Waals surface area contributed by atoms with Crippen molar-refractivity contribution >= 4 is 17.2 Å². The van der Waals surface area contributed by atoms with E-state index in [2.05, 4.69) is 22.5 Å². The number of pyridine rings is 1. The highest BCUT2D eigenvalue weighted by atomic mass is 16.5. The van der Waals surface area contributed by atoms with Crippen molar-refractivity contribution in [2.45, 2.75) is 32.8 Å². The number of methoxy groups -OCH3 is 1. The van der Waals surface area contributed by atoms with Crippen molar-refractivity contribution in [2.24, 2.45) is 0 Å². The van der Waals surface area contributed by atoms with Crippen LogP contribution in [-0.2, 0) is 17.8 Å². The van der Waals surface area contributed by atoms with E-state index in [1.165, 1.54) is 0 Å². The smallest absolute Gasteiger partial charge is 0.204 e. The molecule has 0 atom stereocenters. The van der Waals surface area contributed by atoms with Crippen LogP contribution in [0.25, 0.3) is 5.70 Å². The standard InChI is InChI=1S/C23H27N3O4/c1-3-24-8-4-5-9-29-23-20(28-2)7-6-18-19-11-17(27)10-15-12-25-13-16(21(15)26-19)14-30-22(18)23/h6-7,11-13,24,26H,3-5,8-10,14H2,1-2H3. The number of nitrogens with one attached hydrogen (secondary N) is 2. The molecule has 3 heterocycles. The summed E-state index contributed by atoms with van der Waals surface area (Å²) in [7, 11) is 1.61. The summed E-state index contributed by atoms with van der Waals surface area (Å²) in [5, 5.41) is 6.75. The Morgan fingerprint density at radius 3 is 2.93 bits per heavy atom. The number of ketones is 1. The number of hydrogen-bond acceptors (Lipinski definition) is 7. The molecule has 1 aromatic carbocycles. The van der Waals surface area contributed by atoms with E-state index in [1.54, 1.807) is 25.6 Å². The Balaban J connectivity index is 1.67. The molecule has 30 heavy (non-hydrogen) atoms. The quantitative estimate of drug-likeness (QED) is 0.647. The molecule has 2 aromatic rings. The fourth-order valence-corrected chi connectivity index (χ4v) is 3.72. The third-order valence-corrected chi connectivity index (χ3v) is 5.24. The minimum Gasteiger partial charge on any atom is -0.493 e. The summed E-state index contributed by atoms with van der Waals surface area (Å²) < 4.78 is 17.9. The van der Waals surface area contributed by atoms with Crippen LogP contribution >= 0.6 is 0 Å². The minimum atomic E-state index is 0.0183. The second-order valence-electron chi connectivity index (χ2n) is 7.33. The molecule has 2 aliphatic rings. The third-order valence-electron chi connectivity index (χ3n) is 5.24. The van der Waals surface area contributed by atoms with Crippen LogP contribution in [0.3, 0.4) is 0 Å². The van der Waals surface area contributed by atoms with Crippen LogP contribution in [0.2, 0.25) is 0 Å². The van der Waals surface area contributed by atoms with Gasteiger partial charge in [-0.3, -0.25) is 9.78 Å². The van der Waals surface area contributed by atoms with E-state index in [9.17, 15) is 4.79 Å². The fourth-order valence-electron chi connectivity index (χ4n) is 3.72. The number of rotatable bonds is 8. The van der Waals surface area contributed by atoms with Crippen LogP contribution in [-0.4, -0.2) is 37.6 Å². The van der Waals surface area contributed by atoms with Crippen molar-refractivity contribution in [3.05, 3.63) is 47.3 Å². The average molecular weight is 409 g/mol. The Kier molecular flexibility index (Phi) is 6.18. The minimum absolute atomic E-state index is 0.0183. The summed E-state index contributed by atoms with van der Waals surface area (Å²) >= 11 is 0. The van der Waals surface area contributed by atoms with E-state index >= 15 is 0 Å². The summed E-state index contributed by atoms with van der Waals surface area (Å²) in [5.41, 5.74) is 4.15. The lowest BCUT2D eigenvalue weighted by atomic mass is 10.1. The zero-order chi connectivity index (χ0) is 20.9. The van der Waals surface area contributed by atoms with E-state index in [0.717, 1.165) is 48.3 Å².